The third-order valence-electron chi connectivity index (χ3n) is 2.01. The molecule has 0 bridgehead atoms. The van der Waals surface area contributed by atoms with Gasteiger partial charge in [-0.15, -0.1) is 11.3 Å². The molecule has 2 rings (SSSR count). The second-order valence-corrected chi connectivity index (χ2v) is 8.04. The van der Waals surface area contributed by atoms with Gasteiger partial charge in [-0.3, -0.25) is 4.72 Å². The summed E-state index contributed by atoms with van der Waals surface area (Å²) in [6.07, 6.45) is 0. The molecule has 0 fully saturated rings. The number of rotatable bonds is 3. The van der Waals surface area contributed by atoms with Crippen LogP contribution in [0.25, 0.3) is 0 Å². The largest absolute Gasteiger partial charge is 0.276 e. The molecule has 0 spiro atoms. The monoisotopic (exact) mass is 369 g/mol. The highest BCUT2D eigenvalue weighted by atomic mass is 79.9. The maximum absolute atomic E-state index is 13.6. The number of hydrogen-bond donors (Lipinski definition) is 1. The molecule has 0 atom stereocenters. The molecule has 0 radical (unpaired) electrons. The molecule has 1 N–H and O–H groups in total. The van der Waals surface area contributed by atoms with Gasteiger partial charge in [-0.05, 0) is 40.2 Å². The van der Waals surface area contributed by atoms with Crippen LogP contribution in [-0.4, -0.2) is 8.42 Å². The topological polar surface area (TPSA) is 46.2 Å². The van der Waals surface area contributed by atoms with Crippen LogP contribution in [0.15, 0.2) is 38.3 Å². The zero-order valence-corrected chi connectivity index (χ0v) is 12.6. The third kappa shape index (κ3) is 2.85. The highest BCUT2D eigenvalue weighted by Gasteiger charge is 2.19. The van der Waals surface area contributed by atoms with E-state index in [-0.39, 0.29) is 14.9 Å². The highest BCUT2D eigenvalue weighted by molar-refractivity contribution is 9.11. The lowest BCUT2D eigenvalue weighted by Crippen LogP contribution is -2.12. The Morgan fingerprint density at radius 1 is 1.28 bits per heavy atom. The smallest absolute Gasteiger partial charge is 0.271 e. The summed E-state index contributed by atoms with van der Waals surface area (Å²) in [6.45, 7) is 0. The van der Waals surface area contributed by atoms with Gasteiger partial charge < -0.3 is 0 Å². The molecule has 3 nitrogen and oxygen atoms in total. The normalized spacial score (nSPS) is 11.5. The van der Waals surface area contributed by atoms with E-state index in [0.29, 0.717) is 3.79 Å². The average Bonchev–Trinajstić information content (AvgIpc) is 2.72. The predicted molar refractivity (Wildman–Crippen MR) is 74.2 cm³/mol. The van der Waals surface area contributed by atoms with Gasteiger partial charge in [0.2, 0.25) is 0 Å². The van der Waals surface area contributed by atoms with Crippen molar-refractivity contribution in [1.29, 1.82) is 0 Å². The Labute approximate surface area is 121 Å². The van der Waals surface area contributed by atoms with Crippen molar-refractivity contribution in [3.63, 3.8) is 0 Å². The Bertz CT molecular complexity index is 687. The molecule has 1 aromatic heterocycles. The first-order valence-corrected chi connectivity index (χ1v) is 8.09. The summed E-state index contributed by atoms with van der Waals surface area (Å²) in [5.41, 5.74) is -0.174. The number of benzene rings is 1. The van der Waals surface area contributed by atoms with Gasteiger partial charge in [0.15, 0.2) is 5.82 Å². The van der Waals surface area contributed by atoms with Crippen molar-refractivity contribution in [3.05, 3.63) is 45.0 Å². The van der Waals surface area contributed by atoms with Crippen molar-refractivity contribution < 1.29 is 12.8 Å². The lowest BCUT2D eigenvalue weighted by atomic mass is 10.3. The lowest BCUT2D eigenvalue weighted by molar-refractivity contribution is 0.600. The van der Waals surface area contributed by atoms with E-state index in [0.717, 1.165) is 11.3 Å². The fourth-order valence-electron chi connectivity index (χ4n) is 1.22. The van der Waals surface area contributed by atoms with Gasteiger partial charge in [-0.2, -0.15) is 0 Å². The number of hydrogen-bond acceptors (Lipinski definition) is 3. The van der Waals surface area contributed by atoms with Crippen LogP contribution in [-0.2, 0) is 10.0 Å². The van der Waals surface area contributed by atoms with Crippen molar-refractivity contribution in [3.8, 4) is 0 Å². The first kappa shape index (κ1) is 13.8. The number of anilines is 1. The fraction of sp³-hybridized carbons (Fsp3) is 0. The van der Waals surface area contributed by atoms with Gasteiger partial charge in [-0.25, -0.2) is 12.8 Å². The van der Waals surface area contributed by atoms with E-state index in [1.165, 1.54) is 24.3 Å². The molecule has 0 aliphatic carbocycles. The van der Waals surface area contributed by atoms with E-state index in [4.69, 9.17) is 11.6 Å². The summed E-state index contributed by atoms with van der Waals surface area (Å²) in [6, 6.07) is 7.15. The third-order valence-corrected chi connectivity index (χ3v) is 5.78. The molecule has 0 aliphatic heterocycles. The van der Waals surface area contributed by atoms with Crippen molar-refractivity contribution in [2.45, 2.75) is 4.21 Å². The predicted octanol–water partition coefficient (Wildman–Crippen LogP) is 4.10. The molecule has 0 amide bonds. The van der Waals surface area contributed by atoms with E-state index in [1.54, 1.807) is 6.07 Å². The van der Waals surface area contributed by atoms with Crippen molar-refractivity contribution in [2.75, 3.05) is 4.72 Å². The molecule has 96 valence electrons. The second kappa shape index (κ2) is 5.16. The van der Waals surface area contributed by atoms with E-state index >= 15 is 0 Å². The van der Waals surface area contributed by atoms with Crippen LogP contribution in [0.5, 0.6) is 0 Å². The van der Waals surface area contributed by atoms with Gasteiger partial charge in [0.05, 0.1) is 14.5 Å². The quantitative estimate of drug-likeness (QED) is 0.884. The number of nitrogens with one attached hydrogen (secondary N) is 1. The van der Waals surface area contributed by atoms with Gasteiger partial charge in [0.1, 0.15) is 4.21 Å². The molecule has 18 heavy (non-hydrogen) atoms. The summed E-state index contributed by atoms with van der Waals surface area (Å²) < 4.78 is 40.4. The standard InChI is InChI=1S/C10H6BrClFNO2S2/c11-8-4-5-9(17-8)18(15,16)14-7-3-1-2-6(12)10(7)13/h1-5,14H. The maximum Gasteiger partial charge on any atom is 0.271 e. The Morgan fingerprint density at radius 2 is 2.00 bits per heavy atom. The molecular weight excluding hydrogens is 365 g/mol. The molecule has 0 saturated heterocycles. The summed E-state index contributed by atoms with van der Waals surface area (Å²) >= 11 is 9.78. The van der Waals surface area contributed by atoms with E-state index in [2.05, 4.69) is 20.7 Å². The summed E-state index contributed by atoms with van der Waals surface area (Å²) in [5, 5.41) is -0.137. The summed E-state index contributed by atoms with van der Waals surface area (Å²) in [5.74, 6) is -0.793. The Balaban J connectivity index is 2.37. The van der Waals surface area contributed by atoms with Crippen LogP contribution in [0.2, 0.25) is 5.02 Å². The first-order chi connectivity index (χ1) is 8.40. The SMILES string of the molecule is O=S(=O)(Nc1cccc(Cl)c1F)c1ccc(Br)s1. The minimum absolute atomic E-state index is 0.0914. The van der Waals surface area contributed by atoms with Crippen LogP contribution in [0.3, 0.4) is 0 Å². The van der Waals surface area contributed by atoms with Gasteiger partial charge in [-0.1, -0.05) is 17.7 Å². The molecule has 2 aromatic rings. The zero-order chi connectivity index (χ0) is 13.3. The van der Waals surface area contributed by atoms with Crippen LogP contribution in [0.4, 0.5) is 10.1 Å². The summed E-state index contributed by atoms with van der Waals surface area (Å²) in [4.78, 5) is 0. The lowest BCUT2D eigenvalue weighted by Gasteiger charge is -2.07. The Kier molecular flexibility index (Phi) is 3.96. The minimum Gasteiger partial charge on any atom is -0.276 e. The molecule has 0 unspecified atom stereocenters. The van der Waals surface area contributed by atoms with Crippen molar-refractivity contribution >= 4 is 54.6 Å². The van der Waals surface area contributed by atoms with Gasteiger partial charge >= 0.3 is 0 Å². The Morgan fingerprint density at radius 3 is 2.61 bits per heavy atom. The van der Waals surface area contributed by atoms with Crippen LogP contribution < -0.4 is 4.72 Å². The van der Waals surface area contributed by atoms with E-state index < -0.39 is 15.8 Å². The minimum atomic E-state index is -3.79. The van der Waals surface area contributed by atoms with E-state index in [1.807, 2.05) is 0 Å². The number of thiophene rings is 1. The van der Waals surface area contributed by atoms with Crippen molar-refractivity contribution in [1.82, 2.24) is 0 Å². The van der Waals surface area contributed by atoms with Crippen LogP contribution in [0.1, 0.15) is 0 Å². The van der Waals surface area contributed by atoms with Gasteiger partial charge in [0.25, 0.3) is 10.0 Å². The molecular formula is C10H6BrClFNO2S2. The van der Waals surface area contributed by atoms with E-state index in [9.17, 15) is 12.8 Å². The highest BCUT2D eigenvalue weighted by Crippen LogP contribution is 2.29. The first-order valence-electron chi connectivity index (χ1n) is 4.62. The van der Waals surface area contributed by atoms with Crippen LogP contribution >= 0.6 is 38.9 Å². The Hall–Kier alpha value is -0.630. The summed E-state index contributed by atoms with van der Waals surface area (Å²) in [7, 11) is -3.79. The molecule has 0 aliphatic rings. The molecule has 8 heteroatoms. The molecule has 1 heterocycles. The zero-order valence-electron chi connectivity index (χ0n) is 8.65. The maximum atomic E-state index is 13.6. The average molecular weight is 371 g/mol. The van der Waals surface area contributed by atoms with Gasteiger partial charge in [0, 0.05) is 0 Å². The number of halogens is 3. The second-order valence-electron chi connectivity index (χ2n) is 3.27. The fourth-order valence-corrected chi connectivity index (χ4v) is 4.46. The van der Waals surface area contributed by atoms with Crippen molar-refractivity contribution in [2.24, 2.45) is 0 Å². The van der Waals surface area contributed by atoms with Crippen LogP contribution in [0, 0.1) is 5.82 Å². The molecule has 1 aromatic carbocycles. The molecule has 0 saturated carbocycles. The number of sulfonamides is 1.